The number of pyridine rings is 1. The monoisotopic (exact) mass is 743 g/mol. The summed E-state index contributed by atoms with van der Waals surface area (Å²) in [6.45, 7) is 7.38. The van der Waals surface area contributed by atoms with E-state index in [0.29, 0.717) is 0 Å². The average molecular weight is 744 g/mol. The zero-order valence-electron chi connectivity index (χ0n) is 32.4. The van der Waals surface area contributed by atoms with Gasteiger partial charge in [-0.15, -0.1) is 0 Å². The van der Waals surface area contributed by atoms with Crippen LogP contribution >= 0.6 is 0 Å². The van der Waals surface area contributed by atoms with Crippen molar-refractivity contribution in [2.75, 3.05) is 0 Å². The van der Waals surface area contributed by atoms with Crippen LogP contribution < -0.4 is 5.19 Å². The van der Waals surface area contributed by atoms with Gasteiger partial charge in [-0.25, -0.2) is 4.98 Å². The van der Waals surface area contributed by atoms with E-state index in [1.54, 1.807) is 0 Å². The highest BCUT2D eigenvalue weighted by atomic mass is 28.3. The maximum atomic E-state index is 5.29. The number of rotatable bonds is 5. The van der Waals surface area contributed by atoms with Gasteiger partial charge in [-0.1, -0.05) is 195 Å². The molecule has 0 atom stereocenters. The van der Waals surface area contributed by atoms with Crippen molar-refractivity contribution in [3.63, 3.8) is 0 Å². The molecule has 2 heteroatoms. The zero-order chi connectivity index (χ0) is 38.3. The minimum Gasteiger partial charge on any atom is -0.248 e. The third-order valence-corrected chi connectivity index (χ3v) is 14.5. The van der Waals surface area contributed by atoms with Crippen LogP contribution in [0.1, 0.15) is 22.3 Å². The molecular formula is C55H41NSi. The van der Waals surface area contributed by atoms with E-state index in [9.17, 15) is 0 Å². The molecule has 0 amide bonds. The maximum absolute atomic E-state index is 5.29. The molecule has 270 valence electrons. The van der Waals surface area contributed by atoms with Crippen molar-refractivity contribution >= 4 is 24.0 Å². The molecule has 2 aliphatic rings. The van der Waals surface area contributed by atoms with E-state index < -0.39 is 8.07 Å². The molecule has 8 aromatic carbocycles. The summed E-state index contributed by atoms with van der Waals surface area (Å²) in [5.41, 5.74) is 19.5. The Morgan fingerprint density at radius 1 is 0.351 bits per heavy atom. The number of fused-ring (bicyclic) bond motifs is 11. The van der Waals surface area contributed by atoms with Crippen LogP contribution in [0.2, 0.25) is 19.6 Å². The summed E-state index contributed by atoms with van der Waals surface area (Å²) >= 11 is 0. The number of nitrogens with zero attached hydrogens (tertiary/aromatic N) is 1. The maximum Gasteiger partial charge on any atom is 0.0776 e. The van der Waals surface area contributed by atoms with Crippen molar-refractivity contribution in [3.8, 4) is 67.0 Å². The molecule has 0 saturated heterocycles. The van der Waals surface area contributed by atoms with E-state index in [4.69, 9.17) is 4.98 Å². The van der Waals surface area contributed by atoms with E-state index in [2.05, 4.69) is 214 Å². The Balaban J connectivity index is 1.10. The fourth-order valence-corrected chi connectivity index (χ4v) is 10.9. The predicted molar refractivity (Wildman–Crippen MR) is 243 cm³/mol. The zero-order valence-corrected chi connectivity index (χ0v) is 33.4. The highest BCUT2D eigenvalue weighted by Gasteiger charge is 2.52. The average Bonchev–Trinajstić information content (AvgIpc) is 3.73. The molecule has 2 aliphatic carbocycles. The first-order valence-electron chi connectivity index (χ1n) is 20.0. The highest BCUT2D eigenvalue weighted by molar-refractivity contribution is 6.88. The Morgan fingerprint density at radius 3 is 1.63 bits per heavy atom. The molecule has 0 bridgehead atoms. The van der Waals surface area contributed by atoms with Gasteiger partial charge >= 0.3 is 0 Å². The first-order chi connectivity index (χ1) is 27.9. The fraction of sp³-hybridized carbons (Fsp3) is 0.0727. The quantitative estimate of drug-likeness (QED) is 0.160. The van der Waals surface area contributed by atoms with Crippen LogP contribution in [-0.2, 0) is 5.41 Å². The summed E-state index contributed by atoms with van der Waals surface area (Å²) in [5.74, 6) is 0. The van der Waals surface area contributed by atoms with Gasteiger partial charge in [-0.3, -0.25) is 0 Å². The molecule has 0 saturated carbocycles. The second kappa shape index (κ2) is 12.7. The lowest BCUT2D eigenvalue weighted by Crippen LogP contribution is -2.38. The molecule has 11 rings (SSSR count). The lowest BCUT2D eigenvalue weighted by Gasteiger charge is -2.31. The molecule has 0 fully saturated rings. The number of benzene rings is 8. The van der Waals surface area contributed by atoms with Gasteiger partial charge in [0.1, 0.15) is 0 Å². The summed E-state index contributed by atoms with van der Waals surface area (Å²) in [5, 5.41) is 3.92. The van der Waals surface area contributed by atoms with Gasteiger partial charge in [0.15, 0.2) is 0 Å². The van der Waals surface area contributed by atoms with Crippen LogP contribution in [0, 0.1) is 0 Å². The standard InChI is InChI=1S/C55H41NSi/c1-57(2,3)42-28-30-47-46-29-27-40(32-51(46)55(52(47)35-42)49-25-11-9-22-44(49)45-23-10-12-26-50(45)55)38-19-13-20-39(31-38)41-33-53(37-16-5-4-6-17-37)56-54(34-41)48-24-14-18-36-15-7-8-21-43(36)48/h4-35H,1-3H3. The van der Waals surface area contributed by atoms with Gasteiger partial charge in [-0.05, 0) is 102 Å². The molecule has 0 N–H and O–H groups in total. The molecule has 1 spiro atoms. The lowest BCUT2D eigenvalue weighted by atomic mass is 9.70. The molecule has 57 heavy (non-hydrogen) atoms. The van der Waals surface area contributed by atoms with Crippen molar-refractivity contribution in [1.82, 2.24) is 4.98 Å². The first-order valence-corrected chi connectivity index (χ1v) is 23.5. The third-order valence-electron chi connectivity index (χ3n) is 12.4. The summed E-state index contributed by atoms with van der Waals surface area (Å²) < 4.78 is 0. The van der Waals surface area contributed by atoms with Crippen LogP contribution in [0.15, 0.2) is 194 Å². The molecule has 1 heterocycles. The Kier molecular flexibility index (Phi) is 7.51. The van der Waals surface area contributed by atoms with Crippen LogP contribution in [0.25, 0.3) is 77.8 Å². The van der Waals surface area contributed by atoms with E-state index in [1.807, 2.05) is 0 Å². The van der Waals surface area contributed by atoms with E-state index in [-0.39, 0.29) is 5.41 Å². The summed E-state index contributed by atoms with van der Waals surface area (Å²) in [4.78, 5) is 5.29. The summed E-state index contributed by atoms with van der Waals surface area (Å²) in [6.07, 6.45) is 0. The molecule has 0 aliphatic heterocycles. The van der Waals surface area contributed by atoms with Gasteiger partial charge in [0.05, 0.1) is 24.9 Å². The van der Waals surface area contributed by atoms with Crippen molar-refractivity contribution in [2.24, 2.45) is 0 Å². The van der Waals surface area contributed by atoms with Gasteiger partial charge in [-0.2, -0.15) is 0 Å². The van der Waals surface area contributed by atoms with Crippen molar-refractivity contribution in [2.45, 2.75) is 25.1 Å². The Hall–Kier alpha value is -6.61. The van der Waals surface area contributed by atoms with E-state index in [0.717, 1.165) is 28.1 Å². The fourth-order valence-electron chi connectivity index (χ4n) is 9.70. The van der Waals surface area contributed by atoms with E-state index >= 15 is 0 Å². The SMILES string of the molecule is C[Si](C)(C)c1ccc2c(c1)C1(c3ccccc3-c3ccccc31)c1cc(-c3cccc(-c4cc(-c5ccccc5)nc(-c5cccc6ccccc56)c4)c3)ccc1-2. The van der Waals surface area contributed by atoms with E-state index in [1.165, 1.54) is 77.2 Å². The highest BCUT2D eigenvalue weighted by Crippen LogP contribution is 2.63. The number of aromatic nitrogens is 1. The Bertz CT molecular complexity index is 3010. The van der Waals surface area contributed by atoms with Crippen LogP contribution in [0.3, 0.4) is 0 Å². The topological polar surface area (TPSA) is 12.9 Å². The first kappa shape index (κ1) is 33.7. The molecule has 0 unspecified atom stereocenters. The van der Waals surface area contributed by atoms with Crippen LogP contribution in [-0.4, -0.2) is 13.1 Å². The third kappa shape index (κ3) is 5.18. The van der Waals surface area contributed by atoms with Crippen molar-refractivity contribution in [3.05, 3.63) is 216 Å². The van der Waals surface area contributed by atoms with Crippen molar-refractivity contribution in [1.29, 1.82) is 0 Å². The Labute approximate surface area is 336 Å². The molecular weight excluding hydrogens is 703 g/mol. The number of hydrogen-bond acceptors (Lipinski definition) is 1. The lowest BCUT2D eigenvalue weighted by molar-refractivity contribution is 0.795. The summed E-state index contributed by atoms with van der Waals surface area (Å²) in [6, 6.07) is 72.1. The van der Waals surface area contributed by atoms with Crippen molar-refractivity contribution < 1.29 is 0 Å². The molecule has 1 nitrogen and oxygen atoms in total. The van der Waals surface area contributed by atoms with Gasteiger partial charge < -0.3 is 0 Å². The molecule has 0 radical (unpaired) electrons. The second-order valence-corrected chi connectivity index (χ2v) is 21.8. The minimum absolute atomic E-state index is 0.385. The minimum atomic E-state index is -1.60. The number of hydrogen-bond donors (Lipinski definition) is 0. The van der Waals surface area contributed by atoms with Gasteiger partial charge in [0.2, 0.25) is 0 Å². The normalized spacial score (nSPS) is 13.3. The van der Waals surface area contributed by atoms with Gasteiger partial charge in [0.25, 0.3) is 0 Å². The smallest absolute Gasteiger partial charge is 0.0776 e. The largest absolute Gasteiger partial charge is 0.248 e. The molecule has 9 aromatic rings. The summed E-state index contributed by atoms with van der Waals surface area (Å²) in [7, 11) is -1.60. The Morgan fingerprint density at radius 2 is 0.877 bits per heavy atom. The predicted octanol–water partition coefficient (Wildman–Crippen LogP) is 13.8. The van der Waals surface area contributed by atoms with Crippen LogP contribution in [0.5, 0.6) is 0 Å². The van der Waals surface area contributed by atoms with Gasteiger partial charge in [0, 0.05) is 11.1 Å². The van der Waals surface area contributed by atoms with Crippen LogP contribution in [0.4, 0.5) is 0 Å². The molecule has 1 aromatic heterocycles. The second-order valence-electron chi connectivity index (χ2n) is 16.7.